The lowest BCUT2D eigenvalue weighted by Gasteiger charge is -2.31. The highest BCUT2D eigenvalue weighted by atomic mass is 15.1. The van der Waals surface area contributed by atoms with Gasteiger partial charge in [-0.05, 0) is 51.0 Å². The molecule has 112 valence electrons. The van der Waals surface area contributed by atoms with Gasteiger partial charge in [0.05, 0.1) is 0 Å². The van der Waals surface area contributed by atoms with E-state index in [1.807, 2.05) is 0 Å². The van der Waals surface area contributed by atoms with Crippen LogP contribution in [0.4, 0.5) is 0 Å². The summed E-state index contributed by atoms with van der Waals surface area (Å²) in [7, 11) is 0. The molecule has 0 bridgehead atoms. The first-order chi connectivity index (χ1) is 9.26. The van der Waals surface area contributed by atoms with E-state index in [9.17, 15) is 0 Å². The van der Waals surface area contributed by atoms with E-state index in [0.717, 1.165) is 5.92 Å². The lowest BCUT2D eigenvalue weighted by molar-refractivity contribution is 0.196. The summed E-state index contributed by atoms with van der Waals surface area (Å²) in [4.78, 5) is 2.69. The highest BCUT2D eigenvalue weighted by Crippen LogP contribution is 2.19. The Hall–Kier alpha value is -0.300. The van der Waals surface area contributed by atoms with Gasteiger partial charge in [-0.25, -0.2) is 0 Å². The summed E-state index contributed by atoms with van der Waals surface area (Å²) in [6.07, 6.45) is 14.8. The predicted octanol–water partition coefficient (Wildman–Crippen LogP) is 5.42. The lowest BCUT2D eigenvalue weighted by Crippen LogP contribution is -2.35. The molecule has 1 nitrogen and oxygen atoms in total. The van der Waals surface area contributed by atoms with Crippen LogP contribution in [-0.2, 0) is 0 Å². The molecule has 1 saturated heterocycles. The number of piperidine rings is 1. The second-order valence-corrected chi connectivity index (χ2v) is 6.44. The summed E-state index contributed by atoms with van der Waals surface area (Å²) in [6, 6.07) is 0. The third kappa shape index (κ3) is 7.77. The molecule has 1 aliphatic heterocycles. The van der Waals surface area contributed by atoms with Crippen LogP contribution in [-0.4, -0.2) is 24.5 Å². The van der Waals surface area contributed by atoms with Gasteiger partial charge in [-0.3, -0.25) is 4.90 Å². The van der Waals surface area contributed by atoms with Crippen molar-refractivity contribution < 1.29 is 0 Å². The molecule has 0 aromatic carbocycles. The van der Waals surface area contributed by atoms with Crippen LogP contribution in [0.3, 0.4) is 0 Å². The van der Waals surface area contributed by atoms with Crippen molar-refractivity contribution in [2.75, 3.05) is 19.6 Å². The molecule has 0 radical (unpaired) electrons. The number of hydrogen-bond acceptors (Lipinski definition) is 1. The molecule has 1 atom stereocenters. The van der Waals surface area contributed by atoms with Crippen LogP contribution >= 0.6 is 0 Å². The van der Waals surface area contributed by atoms with E-state index in [0.29, 0.717) is 0 Å². The minimum atomic E-state index is 0.904. The summed E-state index contributed by atoms with van der Waals surface area (Å²) in [6.45, 7) is 10.9. The normalized spacial score (nSPS) is 21.8. The van der Waals surface area contributed by atoms with Gasteiger partial charge in [0.2, 0.25) is 0 Å². The maximum absolute atomic E-state index is 2.69. The Morgan fingerprint density at radius 3 is 2.63 bits per heavy atom. The zero-order valence-corrected chi connectivity index (χ0v) is 13.6. The van der Waals surface area contributed by atoms with E-state index in [4.69, 9.17) is 0 Å². The number of nitrogens with zero attached hydrogens (tertiary/aromatic N) is 1. The SMILES string of the molecule is CCCCC/C=C(\CCCC)CN1CCCC(C)C1. The smallest absolute Gasteiger partial charge is 0.0192 e. The fourth-order valence-corrected chi connectivity index (χ4v) is 3.07. The van der Waals surface area contributed by atoms with Crippen LogP contribution in [0.1, 0.15) is 78.6 Å². The molecular weight excluding hydrogens is 230 g/mol. The van der Waals surface area contributed by atoms with Crippen molar-refractivity contribution in [1.29, 1.82) is 0 Å². The number of unbranched alkanes of at least 4 members (excludes halogenated alkanes) is 4. The van der Waals surface area contributed by atoms with Gasteiger partial charge in [-0.2, -0.15) is 0 Å². The van der Waals surface area contributed by atoms with E-state index in [2.05, 4.69) is 31.7 Å². The van der Waals surface area contributed by atoms with Gasteiger partial charge in [-0.15, -0.1) is 0 Å². The first kappa shape index (κ1) is 16.8. The van der Waals surface area contributed by atoms with Gasteiger partial charge < -0.3 is 0 Å². The van der Waals surface area contributed by atoms with Gasteiger partial charge in [0.1, 0.15) is 0 Å². The van der Waals surface area contributed by atoms with Gasteiger partial charge in [0.25, 0.3) is 0 Å². The zero-order valence-electron chi connectivity index (χ0n) is 13.6. The van der Waals surface area contributed by atoms with Crippen molar-refractivity contribution >= 4 is 0 Å². The van der Waals surface area contributed by atoms with Gasteiger partial charge >= 0.3 is 0 Å². The monoisotopic (exact) mass is 265 g/mol. The second kappa shape index (κ2) is 10.5. The molecule has 0 saturated carbocycles. The van der Waals surface area contributed by atoms with Gasteiger partial charge in [0.15, 0.2) is 0 Å². The standard InChI is InChI=1S/C18H35N/c1-4-6-8-9-13-18(12-7-5-2)16-19-14-10-11-17(3)15-19/h13,17H,4-12,14-16H2,1-3H3/b18-13+. The number of likely N-dealkylation sites (tertiary alicyclic amines) is 1. The Morgan fingerprint density at radius 2 is 1.95 bits per heavy atom. The topological polar surface area (TPSA) is 3.24 Å². The fraction of sp³-hybridized carbons (Fsp3) is 0.889. The molecule has 1 rings (SSSR count). The second-order valence-electron chi connectivity index (χ2n) is 6.44. The molecule has 0 aromatic heterocycles. The molecule has 0 amide bonds. The number of rotatable bonds is 9. The number of allylic oxidation sites excluding steroid dienone is 1. The quantitative estimate of drug-likeness (QED) is 0.398. The van der Waals surface area contributed by atoms with Crippen molar-refractivity contribution in [3.05, 3.63) is 11.6 Å². The average Bonchev–Trinajstić information content (AvgIpc) is 2.40. The number of hydrogen-bond donors (Lipinski definition) is 0. The molecule has 0 aromatic rings. The summed E-state index contributed by atoms with van der Waals surface area (Å²) in [5.74, 6) is 0.904. The van der Waals surface area contributed by atoms with Gasteiger partial charge in [0, 0.05) is 13.1 Å². The van der Waals surface area contributed by atoms with Crippen LogP contribution in [0.25, 0.3) is 0 Å². The molecule has 0 aliphatic carbocycles. The molecule has 1 heterocycles. The highest BCUT2D eigenvalue weighted by Gasteiger charge is 2.16. The molecule has 0 N–H and O–H groups in total. The lowest BCUT2D eigenvalue weighted by atomic mass is 9.98. The Balaban J connectivity index is 2.38. The Bertz CT molecular complexity index is 244. The summed E-state index contributed by atoms with van der Waals surface area (Å²) in [5, 5.41) is 0. The Labute approximate surface area is 121 Å². The summed E-state index contributed by atoms with van der Waals surface area (Å²) < 4.78 is 0. The van der Waals surface area contributed by atoms with Gasteiger partial charge in [-0.1, -0.05) is 51.7 Å². The molecule has 1 heteroatoms. The maximum atomic E-state index is 2.69. The molecule has 0 spiro atoms. The molecular formula is C18H35N. The van der Waals surface area contributed by atoms with E-state index in [1.54, 1.807) is 5.57 Å². The predicted molar refractivity (Wildman–Crippen MR) is 86.6 cm³/mol. The van der Waals surface area contributed by atoms with Crippen LogP contribution in [0.5, 0.6) is 0 Å². The van der Waals surface area contributed by atoms with Crippen LogP contribution < -0.4 is 0 Å². The summed E-state index contributed by atoms with van der Waals surface area (Å²) >= 11 is 0. The van der Waals surface area contributed by atoms with Crippen molar-refractivity contribution in [2.24, 2.45) is 5.92 Å². The van der Waals surface area contributed by atoms with Crippen LogP contribution in [0.15, 0.2) is 11.6 Å². The molecule has 1 fully saturated rings. The first-order valence-corrected chi connectivity index (χ1v) is 8.66. The fourth-order valence-electron chi connectivity index (χ4n) is 3.07. The highest BCUT2D eigenvalue weighted by molar-refractivity contribution is 5.05. The Morgan fingerprint density at radius 1 is 1.16 bits per heavy atom. The van der Waals surface area contributed by atoms with Crippen molar-refractivity contribution in [3.63, 3.8) is 0 Å². The van der Waals surface area contributed by atoms with E-state index in [-0.39, 0.29) is 0 Å². The average molecular weight is 265 g/mol. The molecule has 1 aliphatic rings. The van der Waals surface area contributed by atoms with Crippen LogP contribution in [0.2, 0.25) is 0 Å². The minimum absolute atomic E-state index is 0.904. The Kier molecular flexibility index (Phi) is 9.24. The zero-order chi connectivity index (χ0) is 13.9. The van der Waals surface area contributed by atoms with Crippen molar-refractivity contribution in [1.82, 2.24) is 4.90 Å². The van der Waals surface area contributed by atoms with E-state index < -0.39 is 0 Å². The molecule has 19 heavy (non-hydrogen) atoms. The molecule has 1 unspecified atom stereocenters. The van der Waals surface area contributed by atoms with Crippen molar-refractivity contribution in [3.8, 4) is 0 Å². The third-order valence-electron chi connectivity index (χ3n) is 4.26. The largest absolute Gasteiger partial charge is 0.299 e. The minimum Gasteiger partial charge on any atom is -0.299 e. The summed E-state index contributed by atoms with van der Waals surface area (Å²) in [5.41, 5.74) is 1.71. The van der Waals surface area contributed by atoms with Crippen LogP contribution in [0, 0.1) is 5.92 Å². The first-order valence-electron chi connectivity index (χ1n) is 8.66. The van der Waals surface area contributed by atoms with E-state index >= 15 is 0 Å². The maximum Gasteiger partial charge on any atom is 0.0192 e. The van der Waals surface area contributed by atoms with Crippen molar-refractivity contribution in [2.45, 2.75) is 78.6 Å². The third-order valence-corrected chi connectivity index (χ3v) is 4.26. The van der Waals surface area contributed by atoms with E-state index in [1.165, 1.54) is 77.4 Å².